The Morgan fingerprint density at radius 1 is 1.09 bits per heavy atom. The van der Waals surface area contributed by atoms with E-state index >= 15 is 0 Å². The van der Waals surface area contributed by atoms with Crippen LogP contribution < -0.4 is 5.19 Å². The van der Waals surface area contributed by atoms with E-state index in [0.717, 1.165) is 17.7 Å². The van der Waals surface area contributed by atoms with E-state index in [1.807, 2.05) is 18.3 Å². The van der Waals surface area contributed by atoms with E-state index in [4.69, 9.17) is 9.10 Å². The second kappa shape index (κ2) is 6.00. The van der Waals surface area contributed by atoms with Crippen LogP contribution in [0.4, 0.5) is 0 Å². The lowest BCUT2D eigenvalue weighted by Gasteiger charge is -2.26. The fraction of sp³-hybridized carbons (Fsp3) is 0.450. The van der Waals surface area contributed by atoms with Gasteiger partial charge in [0.15, 0.2) is 0 Å². The zero-order valence-corrected chi connectivity index (χ0v) is 15.6. The maximum absolute atomic E-state index is 7.50. The highest BCUT2D eigenvalue weighted by atomic mass is 28.3. The highest BCUT2D eigenvalue weighted by molar-refractivity contribution is 6.89. The molecular formula is C20H29NSi. The highest BCUT2D eigenvalue weighted by Gasteiger charge is 2.24. The Balaban J connectivity index is 2.47. The van der Waals surface area contributed by atoms with Crippen LogP contribution in [-0.4, -0.2) is 13.1 Å². The minimum Gasteiger partial charge on any atom is -0.256 e. The van der Waals surface area contributed by atoms with E-state index < -0.39 is 14.9 Å². The number of benzene rings is 1. The van der Waals surface area contributed by atoms with Crippen molar-refractivity contribution in [2.24, 2.45) is 5.41 Å². The third-order valence-electron chi connectivity index (χ3n) is 3.70. The van der Waals surface area contributed by atoms with Gasteiger partial charge in [0.2, 0.25) is 0 Å². The SMILES string of the molecule is [2H]C([2H])([2H])c1ccc(-c2cc(CC(C)(C)C)c([Si](C)(C)C)cn2)cc1. The lowest BCUT2D eigenvalue weighted by molar-refractivity contribution is 0.412. The van der Waals surface area contributed by atoms with Gasteiger partial charge >= 0.3 is 0 Å². The van der Waals surface area contributed by atoms with Gasteiger partial charge in [-0.1, -0.05) is 70.2 Å². The Morgan fingerprint density at radius 3 is 2.23 bits per heavy atom. The molecule has 0 spiro atoms. The summed E-state index contributed by atoms with van der Waals surface area (Å²) in [5.41, 5.74) is 3.82. The molecule has 0 saturated carbocycles. The molecule has 0 saturated heterocycles. The molecule has 0 aliphatic carbocycles. The quantitative estimate of drug-likeness (QED) is 0.710. The Hall–Kier alpha value is -1.41. The number of hydrogen-bond donors (Lipinski definition) is 0. The standard InChI is InChI=1S/C20H29NSi/c1-15-8-10-16(11-9-15)18-12-17(13-20(2,3)4)19(14-21-18)22(5,6)7/h8-12,14H,13H2,1-7H3/i1D3. The second-order valence-corrected chi connectivity index (χ2v) is 13.3. The highest BCUT2D eigenvalue weighted by Crippen LogP contribution is 2.25. The van der Waals surface area contributed by atoms with Gasteiger partial charge in [0, 0.05) is 15.9 Å². The van der Waals surface area contributed by atoms with Gasteiger partial charge in [0.05, 0.1) is 13.8 Å². The molecule has 1 heterocycles. The predicted octanol–water partition coefficient (Wildman–Crippen LogP) is 5.19. The molecule has 118 valence electrons. The average Bonchev–Trinajstić information content (AvgIpc) is 2.43. The Bertz CT molecular complexity index is 736. The van der Waals surface area contributed by atoms with E-state index in [9.17, 15) is 0 Å². The molecule has 0 unspecified atom stereocenters. The number of hydrogen-bond acceptors (Lipinski definition) is 1. The normalized spacial score (nSPS) is 15.1. The first-order valence-corrected chi connectivity index (χ1v) is 11.4. The first kappa shape index (κ1) is 13.1. The van der Waals surface area contributed by atoms with Crippen molar-refractivity contribution in [2.75, 3.05) is 0 Å². The summed E-state index contributed by atoms with van der Waals surface area (Å²) in [6.45, 7) is 11.7. The summed E-state index contributed by atoms with van der Waals surface area (Å²) < 4.78 is 22.5. The molecular weight excluding hydrogens is 282 g/mol. The van der Waals surface area contributed by atoms with Gasteiger partial charge in [-0.05, 0) is 35.5 Å². The van der Waals surface area contributed by atoms with E-state index in [2.05, 4.69) is 46.5 Å². The Labute approximate surface area is 141 Å². The van der Waals surface area contributed by atoms with E-state index in [1.54, 1.807) is 12.1 Å². The molecule has 1 aromatic carbocycles. The summed E-state index contributed by atoms with van der Waals surface area (Å²) in [4.78, 5) is 4.69. The molecule has 1 nitrogen and oxygen atoms in total. The Kier molecular flexibility index (Phi) is 3.56. The Morgan fingerprint density at radius 2 is 1.73 bits per heavy atom. The van der Waals surface area contributed by atoms with Crippen molar-refractivity contribution in [3.8, 4) is 11.3 Å². The van der Waals surface area contributed by atoms with Crippen molar-refractivity contribution in [1.82, 2.24) is 4.98 Å². The van der Waals surface area contributed by atoms with Crippen LogP contribution in [0.3, 0.4) is 0 Å². The number of aryl methyl sites for hydroxylation is 1. The molecule has 2 rings (SSSR count). The van der Waals surface area contributed by atoms with E-state index in [1.165, 1.54) is 10.8 Å². The van der Waals surface area contributed by atoms with Gasteiger partial charge in [-0.25, -0.2) is 0 Å². The second-order valence-electron chi connectivity index (χ2n) is 8.29. The molecule has 0 fully saturated rings. The predicted molar refractivity (Wildman–Crippen MR) is 101 cm³/mol. The summed E-state index contributed by atoms with van der Waals surface area (Å²) in [7, 11) is -1.47. The monoisotopic (exact) mass is 314 g/mol. The number of pyridine rings is 1. The van der Waals surface area contributed by atoms with Crippen LogP contribution in [0.25, 0.3) is 11.3 Å². The van der Waals surface area contributed by atoms with Crippen molar-refractivity contribution in [1.29, 1.82) is 0 Å². The van der Waals surface area contributed by atoms with Gasteiger partial charge in [-0.15, -0.1) is 0 Å². The lowest BCUT2D eigenvalue weighted by atomic mass is 9.88. The average molecular weight is 315 g/mol. The van der Waals surface area contributed by atoms with Crippen LogP contribution in [0, 0.1) is 12.3 Å². The third kappa shape index (κ3) is 4.29. The number of rotatable bonds is 3. The van der Waals surface area contributed by atoms with Crippen molar-refractivity contribution in [3.05, 3.63) is 47.7 Å². The van der Waals surface area contributed by atoms with Crippen LogP contribution in [-0.2, 0) is 6.42 Å². The molecule has 0 N–H and O–H groups in total. The fourth-order valence-corrected chi connectivity index (χ4v) is 4.26. The number of nitrogens with zero attached hydrogens (tertiary/aromatic N) is 1. The first-order chi connectivity index (χ1) is 11.3. The molecule has 2 aromatic rings. The smallest absolute Gasteiger partial charge is 0.0799 e. The topological polar surface area (TPSA) is 12.9 Å². The summed E-state index contributed by atoms with van der Waals surface area (Å²) in [5, 5.41) is 1.41. The largest absolute Gasteiger partial charge is 0.256 e. The molecule has 0 aliphatic heterocycles. The minimum absolute atomic E-state index is 0.206. The van der Waals surface area contributed by atoms with Crippen molar-refractivity contribution < 1.29 is 4.11 Å². The van der Waals surface area contributed by atoms with Gasteiger partial charge in [0.1, 0.15) is 0 Å². The first-order valence-electron chi connectivity index (χ1n) is 9.38. The molecule has 0 bridgehead atoms. The zero-order chi connectivity index (χ0) is 19.0. The van der Waals surface area contributed by atoms with Gasteiger partial charge in [-0.2, -0.15) is 0 Å². The number of aromatic nitrogens is 1. The maximum atomic E-state index is 7.50. The molecule has 0 radical (unpaired) electrons. The lowest BCUT2D eigenvalue weighted by Crippen LogP contribution is -2.41. The van der Waals surface area contributed by atoms with E-state index in [0.29, 0.717) is 5.56 Å². The van der Waals surface area contributed by atoms with Crippen molar-refractivity contribution >= 4 is 13.3 Å². The van der Waals surface area contributed by atoms with Gasteiger partial charge in [-0.3, -0.25) is 4.98 Å². The summed E-state index contributed by atoms with van der Waals surface area (Å²) >= 11 is 0. The zero-order valence-electron chi connectivity index (χ0n) is 17.6. The van der Waals surface area contributed by atoms with Crippen molar-refractivity contribution in [3.63, 3.8) is 0 Å². The van der Waals surface area contributed by atoms with Gasteiger partial charge in [0.25, 0.3) is 0 Å². The molecule has 22 heavy (non-hydrogen) atoms. The van der Waals surface area contributed by atoms with Crippen molar-refractivity contribution in [2.45, 2.75) is 53.7 Å². The third-order valence-corrected chi connectivity index (χ3v) is 5.77. The maximum Gasteiger partial charge on any atom is 0.0799 e. The van der Waals surface area contributed by atoms with Crippen LogP contribution in [0.15, 0.2) is 36.5 Å². The van der Waals surface area contributed by atoms with Crippen LogP contribution in [0.1, 0.15) is 36.0 Å². The molecule has 0 amide bonds. The molecule has 0 atom stereocenters. The van der Waals surface area contributed by atoms with Crippen LogP contribution >= 0.6 is 0 Å². The van der Waals surface area contributed by atoms with E-state index in [-0.39, 0.29) is 5.41 Å². The molecule has 1 aromatic heterocycles. The molecule has 2 heteroatoms. The summed E-state index contributed by atoms with van der Waals surface area (Å²) in [5.74, 6) is 0. The summed E-state index contributed by atoms with van der Waals surface area (Å²) in [6, 6.07) is 9.28. The van der Waals surface area contributed by atoms with Crippen LogP contribution in [0.5, 0.6) is 0 Å². The minimum atomic E-state index is -2.06. The fourth-order valence-electron chi connectivity index (χ4n) is 2.69. The molecule has 0 aliphatic rings. The van der Waals surface area contributed by atoms with Gasteiger partial charge < -0.3 is 0 Å². The summed E-state index contributed by atoms with van der Waals surface area (Å²) in [6.07, 6.45) is 3.05. The van der Waals surface area contributed by atoms with Crippen LogP contribution in [0.2, 0.25) is 19.6 Å².